The second kappa shape index (κ2) is 6.25. The van der Waals surface area contributed by atoms with E-state index in [1.54, 1.807) is 0 Å². The fourth-order valence-corrected chi connectivity index (χ4v) is 2.51. The Labute approximate surface area is 130 Å². The third-order valence-electron chi connectivity index (χ3n) is 3.20. The average molecular weight is 305 g/mol. The number of hydrogen-bond acceptors (Lipinski definition) is 2. The maximum Gasteiger partial charge on any atom is 0.105 e. The van der Waals surface area contributed by atoms with Gasteiger partial charge in [0.1, 0.15) is 4.99 Å². The maximum absolute atomic E-state index is 6.17. The van der Waals surface area contributed by atoms with Gasteiger partial charge in [0.25, 0.3) is 0 Å². The molecule has 0 radical (unpaired) electrons. The third-order valence-corrected chi connectivity index (χ3v) is 3.73. The van der Waals surface area contributed by atoms with Gasteiger partial charge in [0, 0.05) is 17.3 Å². The Morgan fingerprint density at radius 3 is 2.40 bits per heavy atom. The molecule has 0 aliphatic rings. The van der Waals surface area contributed by atoms with E-state index in [2.05, 4.69) is 43.4 Å². The van der Waals surface area contributed by atoms with Gasteiger partial charge in [0.05, 0.1) is 5.02 Å². The Hall–Kier alpha value is -1.58. The summed E-state index contributed by atoms with van der Waals surface area (Å²) >= 11 is 11.1. The van der Waals surface area contributed by atoms with Gasteiger partial charge in [-0.15, -0.1) is 0 Å². The first-order chi connectivity index (χ1) is 9.47. The summed E-state index contributed by atoms with van der Waals surface area (Å²) in [4.78, 5) is 0.313. The molecule has 1 atom stereocenters. The highest BCUT2D eigenvalue weighted by Crippen LogP contribution is 2.24. The summed E-state index contributed by atoms with van der Waals surface area (Å²) in [5.74, 6) is 0. The molecule has 1 unspecified atom stereocenters. The van der Waals surface area contributed by atoms with Crippen LogP contribution in [-0.4, -0.2) is 4.99 Å². The summed E-state index contributed by atoms with van der Waals surface area (Å²) < 4.78 is 0. The molecule has 0 aliphatic heterocycles. The number of halogens is 1. The van der Waals surface area contributed by atoms with Crippen molar-refractivity contribution in [2.45, 2.75) is 19.9 Å². The fraction of sp³-hybridized carbons (Fsp3) is 0.188. The van der Waals surface area contributed by atoms with Crippen LogP contribution in [0.1, 0.15) is 29.7 Å². The monoisotopic (exact) mass is 304 g/mol. The average Bonchev–Trinajstić information content (AvgIpc) is 2.39. The minimum atomic E-state index is 0.197. The Morgan fingerprint density at radius 1 is 1.20 bits per heavy atom. The summed E-state index contributed by atoms with van der Waals surface area (Å²) in [6.45, 7) is 4.19. The van der Waals surface area contributed by atoms with E-state index in [9.17, 15) is 0 Å². The number of anilines is 1. The first kappa shape index (κ1) is 14.8. The van der Waals surface area contributed by atoms with Crippen LogP contribution in [0.3, 0.4) is 0 Å². The van der Waals surface area contributed by atoms with Crippen molar-refractivity contribution < 1.29 is 0 Å². The molecule has 0 fully saturated rings. The van der Waals surface area contributed by atoms with Gasteiger partial charge in [-0.1, -0.05) is 53.6 Å². The molecule has 20 heavy (non-hydrogen) atoms. The lowest BCUT2D eigenvalue weighted by Gasteiger charge is -2.17. The molecule has 0 saturated heterocycles. The van der Waals surface area contributed by atoms with Crippen molar-refractivity contribution in [3.05, 3.63) is 64.2 Å². The van der Waals surface area contributed by atoms with E-state index in [1.165, 1.54) is 11.1 Å². The first-order valence-corrected chi connectivity index (χ1v) is 7.18. The van der Waals surface area contributed by atoms with E-state index in [-0.39, 0.29) is 6.04 Å². The van der Waals surface area contributed by atoms with Gasteiger partial charge in [-0.2, -0.15) is 0 Å². The smallest absolute Gasteiger partial charge is 0.105 e. The molecule has 0 bridgehead atoms. The van der Waals surface area contributed by atoms with Crippen molar-refractivity contribution in [3.63, 3.8) is 0 Å². The Kier molecular flexibility index (Phi) is 4.63. The van der Waals surface area contributed by atoms with Crippen molar-refractivity contribution in [2.24, 2.45) is 5.73 Å². The lowest BCUT2D eigenvalue weighted by atomic mass is 10.1. The second-order valence-electron chi connectivity index (χ2n) is 4.84. The quantitative estimate of drug-likeness (QED) is 0.819. The van der Waals surface area contributed by atoms with Crippen LogP contribution >= 0.6 is 23.8 Å². The van der Waals surface area contributed by atoms with Crippen LogP contribution < -0.4 is 11.1 Å². The summed E-state index contributed by atoms with van der Waals surface area (Å²) in [7, 11) is 0. The molecular weight excluding hydrogens is 288 g/mol. The standard InChI is InChI=1S/C16H17ClN2S/c1-10-3-5-12(6-4-10)11(2)19-13-7-8-14(16(18)20)15(17)9-13/h3-9,11,19H,1-2H3,(H2,18,20). The molecule has 0 saturated carbocycles. The van der Waals surface area contributed by atoms with Crippen LogP contribution in [0, 0.1) is 6.92 Å². The van der Waals surface area contributed by atoms with E-state index in [0.717, 1.165) is 5.69 Å². The highest BCUT2D eigenvalue weighted by Gasteiger charge is 2.08. The molecule has 0 heterocycles. The number of hydrogen-bond donors (Lipinski definition) is 2. The summed E-state index contributed by atoms with van der Waals surface area (Å²) in [6.07, 6.45) is 0. The molecule has 0 aliphatic carbocycles. The van der Waals surface area contributed by atoms with Crippen LogP contribution in [0.5, 0.6) is 0 Å². The molecule has 2 aromatic carbocycles. The number of benzene rings is 2. The van der Waals surface area contributed by atoms with E-state index >= 15 is 0 Å². The van der Waals surface area contributed by atoms with Crippen LogP contribution in [0.15, 0.2) is 42.5 Å². The molecule has 0 spiro atoms. The number of aryl methyl sites for hydroxylation is 1. The van der Waals surface area contributed by atoms with Crippen molar-refractivity contribution >= 4 is 34.5 Å². The molecule has 4 heteroatoms. The van der Waals surface area contributed by atoms with Crippen molar-refractivity contribution in [2.75, 3.05) is 5.32 Å². The highest BCUT2D eigenvalue weighted by molar-refractivity contribution is 7.80. The number of rotatable bonds is 4. The van der Waals surface area contributed by atoms with E-state index in [4.69, 9.17) is 29.6 Å². The normalized spacial score (nSPS) is 11.9. The molecule has 2 rings (SSSR count). The third kappa shape index (κ3) is 3.50. The fourth-order valence-electron chi connectivity index (χ4n) is 1.99. The van der Waals surface area contributed by atoms with Crippen molar-refractivity contribution in [1.82, 2.24) is 0 Å². The molecule has 2 aromatic rings. The second-order valence-corrected chi connectivity index (χ2v) is 5.68. The molecule has 2 nitrogen and oxygen atoms in total. The Morgan fingerprint density at radius 2 is 1.85 bits per heavy atom. The number of thiocarbonyl (C=S) groups is 1. The minimum Gasteiger partial charge on any atom is -0.389 e. The Balaban J connectivity index is 2.15. The van der Waals surface area contributed by atoms with Crippen molar-refractivity contribution in [1.29, 1.82) is 0 Å². The van der Waals surface area contributed by atoms with Gasteiger partial charge in [-0.05, 0) is 37.6 Å². The predicted octanol–water partition coefficient (Wildman–Crippen LogP) is 4.46. The lowest BCUT2D eigenvalue weighted by molar-refractivity contribution is 0.884. The van der Waals surface area contributed by atoms with Crippen LogP contribution in [-0.2, 0) is 0 Å². The summed E-state index contributed by atoms with van der Waals surface area (Å²) in [5.41, 5.74) is 9.73. The van der Waals surface area contributed by atoms with Crippen LogP contribution in [0.2, 0.25) is 5.02 Å². The number of nitrogens with two attached hydrogens (primary N) is 1. The largest absolute Gasteiger partial charge is 0.389 e. The van der Waals surface area contributed by atoms with Gasteiger partial charge in [0.15, 0.2) is 0 Å². The predicted molar refractivity (Wildman–Crippen MR) is 90.6 cm³/mol. The minimum absolute atomic E-state index is 0.197. The molecule has 104 valence electrons. The van der Waals surface area contributed by atoms with Gasteiger partial charge in [-0.25, -0.2) is 0 Å². The molecule has 3 N–H and O–H groups in total. The van der Waals surface area contributed by atoms with Gasteiger partial charge < -0.3 is 11.1 Å². The first-order valence-electron chi connectivity index (χ1n) is 6.40. The highest BCUT2D eigenvalue weighted by atomic mass is 35.5. The topological polar surface area (TPSA) is 38.0 Å². The van der Waals surface area contributed by atoms with E-state index in [0.29, 0.717) is 15.6 Å². The SMILES string of the molecule is Cc1ccc(C(C)Nc2ccc(C(N)=S)c(Cl)c2)cc1. The van der Waals surface area contributed by atoms with E-state index in [1.807, 2.05) is 18.2 Å². The lowest BCUT2D eigenvalue weighted by Crippen LogP contribution is -2.11. The van der Waals surface area contributed by atoms with Crippen molar-refractivity contribution in [3.8, 4) is 0 Å². The zero-order valence-corrected chi connectivity index (χ0v) is 13.1. The summed E-state index contributed by atoms with van der Waals surface area (Å²) in [6, 6.07) is 14.3. The van der Waals surface area contributed by atoms with Crippen LogP contribution in [0.25, 0.3) is 0 Å². The summed E-state index contributed by atoms with van der Waals surface area (Å²) in [5, 5.41) is 3.98. The molecule has 0 amide bonds. The maximum atomic E-state index is 6.17. The van der Waals surface area contributed by atoms with Gasteiger partial charge in [-0.3, -0.25) is 0 Å². The van der Waals surface area contributed by atoms with E-state index < -0.39 is 0 Å². The van der Waals surface area contributed by atoms with Gasteiger partial charge >= 0.3 is 0 Å². The Bertz CT molecular complexity index is 623. The van der Waals surface area contributed by atoms with Crippen LogP contribution in [0.4, 0.5) is 5.69 Å². The molecular formula is C16H17ClN2S. The zero-order chi connectivity index (χ0) is 14.7. The van der Waals surface area contributed by atoms with Gasteiger partial charge in [0.2, 0.25) is 0 Å². The molecule has 0 aromatic heterocycles. The zero-order valence-electron chi connectivity index (χ0n) is 11.5. The number of nitrogens with one attached hydrogen (secondary N) is 1.